The van der Waals surface area contributed by atoms with Crippen molar-refractivity contribution in [3.63, 3.8) is 0 Å². The predicted molar refractivity (Wildman–Crippen MR) is 106 cm³/mol. The summed E-state index contributed by atoms with van der Waals surface area (Å²) in [4.78, 5) is 16.7. The molecule has 27 heavy (non-hydrogen) atoms. The molecule has 1 heterocycles. The van der Waals surface area contributed by atoms with E-state index >= 15 is 0 Å². The second-order valence-electron chi connectivity index (χ2n) is 6.04. The minimum Gasteiger partial charge on any atom is -0.449 e. The molecule has 0 radical (unpaired) electrons. The van der Waals surface area contributed by atoms with Gasteiger partial charge in [0, 0.05) is 5.92 Å². The van der Waals surface area contributed by atoms with Gasteiger partial charge < -0.3 is 15.8 Å². The van der Waals surface area contributed by atoms with Gasteiger partial charge in [-0.2, -0.15) is 0 Å². The molecule has 1 amide bonds. The quantitative estimate of drug-likeness (QED) is 0.686. The molecule has 2 aromatic carbocycles. The van der Waals surface area contributed by atoms with Gasteiger partial charge in [-0.1, -0.05) is 71.7 Å². The number of rotatable bonds is 3. The summed E-state index contributed by atoms with van der Waals surface area (Å²) >= 11 is 1.31. The second kappa shape index (κ2) is 7.52. The van der Waals surface area contributed by atoms with Crippen molar-refractivity contribution in [3.8, 4) is 23.0 Å². The molecule has 5 nitrogen and oxygen atoms in total. The molecule has 0 bridgehead atoms. The number of nitrogens with two attached hydrogens (primary N) is 1. The van der Waals surface area contributed by atoms with Gasteiger partial charge in [0.1, 0.15) is 6.61 Å². The smallest absolute Gasteiger partial charge is 0.407 e. The fourth-order valence-corrected chi connectivity index (χ4v) is 3.80. The lowest BCUT2D eigenvalue weighted by atomic mass is 9.98. The van der Waals surface area contributed by atoms with E-state index < -0.39 is 6.09 Å². The molecular weight excluding hydrogens is 358 g/mol. The number of anilines is 1. The number of fused-ring (bicyclic) bond motifs is 3. The maximum atomic E-state index is 12.0. The highest BCUT2D eigenvalue weighted by Crippen LogP contribution is 2.44. The molecule has 0 atom stereocenters. The summed E-state index contributed by atoms with van der Waals surface area (Å²) in [7, 11) is 0. The number of thiazole rings is 1. The molecule has 1 aliphatic rings. The van der Waals surface area contributed by atoms with Crippen molar-refractivity contribution in [1.82, 2.24) is 10.3 Å². The normalized spacial score (nSPS) is 11.9. The number of carbonyl (C=O) groups excluding carboxylic acids is 1. The highest BCUT2D eigenvalue weighted by Gasteiger charge is 2.28. The molecule has 3 N–H and O–H groups in total. The highest BCUT2D eigenvalue weighted by atomic mass is 32.1. The number of carbonyl (C=O) groups is 1. The number of aromatic nitrogens is 1. The number of nitrogens with zero attached hydrogens (tertiary/aromatic N) is 1. The molecule has 134 valence electrons. The van der Waals surface area contributed by atoms with Crippen molar-refractivity contribution in [1.29, 1.82) is 0 Å². The number of hydrogen-bond acceptors (Lipinski definition) is 5. The van der Waals surface area contributed by atoms with Gasteiger partial charge in [-0.3, -0.25) is 0 Å². The summed E-state index contributed by atoms with van der Waals surface area (Å²) < 4.78 is 5.45. The Morgan fingerprint density at radius 2 is 1.81 bits per heavy atom. The van der Waals surface area contributed by atoms with Gasteiger partial charge in [-0.25, -0.2) is 9.78 Å². The van der Waals surface area contributed by atoms with Gasteiger partial charge in [0.2, 0.25) is 0 Å². The molecule has 0 unspecified atom stereocenters. The van der Waals surface area contributed by atoms with Crippen molar-refractivity contribution in [2.75, 3.05) is 18.9 Å². The lowest BCUT2D eigenvalue weighted by Crippen LogP contribution is -2.26. The first kappa shape index (κ1) is 17.1. The van der Waals surface area contributed by atoms with Crippen LogP contribution in [0.2, 0.25) is 0 Å². The third-order valence-electron chi connectivity index (χ3n) is 4.40. The Labute approximate surface area is 161 Å². The van der Waals surface area contributed by atoms with Crippen molar-refractivity contribution in [3.05, 3.63) is 70.7 Å². The Morgan fingerprint density at radius 1 is 1.15 bits per heavy atom. The largest absolute Gasteiger partial charge is 0.449 e. The standard InChI is InChI=1S/C21H17N3O2S/c22-20-24-12-14(27-20)6-5-11-23-21(25)26-13-19-17-9-3-1-7-15(17)16-8-2-4-10-18(16)19/h1-4,7-10,12,19H,11,13H2,(H2,22,24)(H,23,25). The Morgan fingerprint density at radius 3 is 2.44 bits per heavy atom. The average Bonchev–Trinajstić information content (AvgIpc) is 3.25. The molecular formula is C21H17N3O2S. The molecule has 6 heteroatoms. The van der Waals surface area contributed by atoms with Crippen molar-refractivity contribution < 1.29 is 9.53 Å². The Balaban J connectivity index is 1.36. The predicted octanol–water partition coefficient (Wildman–Crippen LogP) is 3.62. The van der Waals surface area contributed by atoms with E-state index in [0.717, 1.165) is 4.88 Å². The van der Waals surface area contributed by atoms with Gasteiger partial charge in [-0.15, -0.1) is 0 Å². The van der Waals surface area contributed by atoms with Crippen LogP contribution in [0.25, 0.3) is 11.1 Å². The van der Waals surface area contributed by atoms with Crippen LogP contribution in [0.1, 0.15) is 21.9 Å². The zero-order valence-electron chi connectivity index (χ0n) is 14.4. The maximum Gasteiger partial charge on any atom is 0.407 e. The van der Waals surface area contributed by atoms with E-state index in [9.17, 15) is 4.79 Å². The molecule has 0 fully saturated rings. The van der Waals surface area contributed by atoms with Gasteiger partial charge in [0.15, 0.2) is 5.13 Å². The van der Waals surface area contributed by atoms with E-state index in [0.29, 0.717) is 11.7 Å². The van der Waals surface area contributed by atoms with Gasteiger partial charge >= 0.3 is 6.09 Å². The second-order valence-corrected chi connectivity index (χ2v) is 7.11. The Hall–Kier alpha value is -3.30. The van der Waals surface area contributed by atoms with Crippen LogP contribution in [0.5, 0.6) is 0 Å². The SMILES string of the molecule is Nc1ncc(C#CCNC(=O)OCC2c3ccccc3-c3ccccc32)s1. The fraction of sp³-hybridized carbons (Fsp3) is 0.143. The van der Waals surface area contributed by atoms with Gasteiger partial charge in [0.25, 0.3) is 0 Å². The summed E-state index contributed by atoms with van der Waals surface area (Å²) in [5, 5.41) is 3.13. The first-order valence-corrected chi connectivity index (χ1v) is 9.33. The van der Waals surface area contributed by atoms with E-state index in [2.05, 4.69) is 46.4 Å². The van der Waals surface area contributed by atoms with E-state index in [1.165, 1.54) is 33.6 Å². The van der Waals surface area contributed by atoms with Crippen LogP contribution in [0.15, 0.2) is 54.7 Å². The van der Waals surface area contributed by atoms with Crippen molar-refractivity contribution in [2.24, 2.45) is 0 Å². The maximum absolute atomic E-state index is 12.0. The Kier molecular flexibility index (Phi) is 4.77. The molecule has 1 aliphatic carbocycles. The van der Waals surface area contributed by atoms with E-state index in [4.69, 9.17) is 10.5 Å². The third kappa shape index (κ3) is 3.64. The van der Waals surface area contributed by atoms with Crippen molar-refractivity contribution >= 4 is 22.6 Å². The minimum atomic E-state index is -0.477. The number of benzene rings is 2. The van der Waals surface area contributed by atoms with E-state index in [-0.39, 0.29) is 12.5 Å². The van der Waals surface area contributed by atoms with Crippen LogP contribution < -0.4 is 11.1 Å². The average molecular weight is 375 g/mol. The number of alkyl carbamates (subject to hydrolysis) is 1. The first-order chi connectivity index (χ1) is 13.2. The van der Waals surface area contributed by atoms with Crippen LogP contribution in [0.4, 0.5) is 9.93 Å². The number of hydrogen-bond donors (Lipinski definition) is 2. The molecule has 1 aromatic heterocycles. The lowest BCUT2D eigenvalue weighted by Gasteiger charge is -2.14. The number of ether oxygens (including phenoxy) is 1. The molecule has 0 saturated carbocycles. The third-order valence-corrected chi connectivity index (χ3v) is 5.14. The summed E-state index contributed by atoms with van der Waals surface area (Å²) in [6, 6.07) is 16.5. The summed E-state index contributed by atoms with van der Waals surface area (Å²) in [5.74, 6) is 5.81. The van der Waals surface area contributed by atoms with Crippen LogP contribution in [0.3, 0.4) is 0 Å². The van der Waals surface area contributed by atoms with Crippen LogP contribution >= 0.6 is 11.3 Å². The van der Waals surface area contributed by atoms with Crippen molar-refractivity contribution in [2.45, 2.75) is 5.92 Å². The molecule has 0 saturated heterocycles. The highest BCUT2D eigenvalue weighted by molar-refractivity contribution is 7.15. The summed E-state index contributed by atoms with van der Waals surface area (Å²) in [5.41, 5.74) is 10.3. The van der Waals surface area contributed by atoms with Crippen LogP contribution in [-0.2, 0) is 4.74 Å². The lowest BCUT2D eigenvalue weighted by molar-refractivity contribution is 0.144. The zero-order chi connectivity index (χ0) is 18.6. The molecule has 0 spiro atoms. The number of nitrogen functional groups attached to an aromatic ring is 1. The topological polar surface area (TPSA) is 77.2 Å². The minimum absolute atomic E-state index is 0.0504. The first-order valence-electron chi connectivity index (χ1n) is 8.51. The molecule has 4 rings (SSSR count). The summed E-state index contributed by atoms with van der Waals surface area (Å²) in [6.45, 7) is 0.493. The molecule has 0 aliphatic heterocycles. The number of amides is 1. The number of nitrogens with one attached hydrogen (secondary N) is 1. The zero-order valence-corrected chi connectivity index (χ0v) is 15.3. The van der Waals surface area contributed by atoms with Crippen LogP contribution in [0, 0.1) is 11.8 Å². The monoisotopic (exact) mass is 375 g/mol. The summed E-state index contributed by atoms with van der Waals surface area (Å²) in [6.07, 6.45) is 1.13. The van der Waals surface area contributed by atoms with Crippen LogP contribution in [-0.4, -0.2) is 24.2 Å². The van der Waals surface area contributed by atoms with Gasteiger partial charge in [-0.05, 0) is 22.3 Å². The van der Waals surface area contributed by atoms with E-state index in [1.807, 2.05) is 24.3 Å². The molecule has 3 aromatic rings. The van der Waals surface area contributed by atoms with Gasteiger partial charge in [0.05, 0.1) is 17.6 Å². The Bertz CT molecular complexity index is 1000. The fourth-order valence-electron chi connectivity index (χ4n) is 3.24. The van der Waals surface area contributed by atoms with E-state index in [1.54, 1.807) is 6.20 Å².